The van der Waals surface area contributed by atoms with E-state index in [0.29, 0.717) is 11.4 Å². The van der Waals surface area contributed by atoms with Crippen molar-refractivity contribution in [2.45, 2.75) is 26.2 Å². The molecular weight excluding hydrogens is 269 g/mol. The number of carbonyl (C=O) groups is 1. The fourth-order valence-electron chi connectivity index (χ4n) is 1.89. The van der Waals surface area contributed by atoms with Crippen molar-refractivity contribution in [1.82, 2.24) is 0 Å². The van der Waals surface area contributed by atoms with Crippen molar-refractivity contribution in [3.63, 3.8) is 0 Å². The lowest BCUT2D eigenvalue weighted by Gasteiger charge is -2.07. The summed E-state index contributed by atoms with van der Waals surface area (Å²) in [4.78, 5) is 11.7. The predicted octanol–water partition coefficient (Wildman–Crippen LogP) is 4.78. The number of amides is 1. The van der Waals surface area contributed by atoms with Gasteiger partial charge in [0.05, 0.1) is 0 Å². The number of anilines is 1. The largest absolute Gasteiger partial charge is 0.417 e. The number of rotatable bonds is 5. The molecule has 0 atom stereocenters. The first kappa shape index (κ1) is 15.0. The molecule has 110 valence electrons. The zero-order chi connectivity index (χ0) is 15.1. The van der Waals surface area contributed by atoms with Crippen molar-refractivity contribution < 1.29 is 13.9 Å². The molecule has 4 heteroatoms. The molecule has 2 aromatic rings. The molecule has 0 aromatic heterocycles. The summed E-state index contributed by atoms with van der Waals surface area (Å²) in [6, 6.07) is 13.0. The number of hydrogen-bond acceptors (Lipinski definition) is 2. The Bertz CT molecular complexity index is 579. The first-order valence-electron chi connectivity index (χ1n) is 7.00. The van der Waals surface area contributed by atoms with Crippen LogP contribution in [-0.2, 0) is 6.42 Å². The van der Waals surface area contributed by atoms with Gasteiger partial charge in [0.25, 0.3) is 0 Å². The van der Waals surface area contributed by atoms with Crippen molar-refractivity contribution in [2.24, 2.45) is 0 Å². The molecule has 1 amide bonds. The van der Waals surface area contributed by atoms with E-state index in [1.165, 1.54) is 29.8 Å². The van der Waals surface area contributed by atoms with Crippen molar-refractivity contribution >= 4 is 11.8 Å². The van der Waals surface area contributed by atoms with Gasteiger partial charge in [-0.3, -0.25) is 5.32 Å². The Morgan fingerprint density at radius 2 is 1.76 bits per heavy atom. The van der Waals surface area contributed by atoms with Crippen LogP contribution in [0.2, 0.25) is 0 Å². The maximum Gasteiger partial charge on any atom is 0.417 e. The molecule has 3 nitrogen and oxygen atoms in total. The van der Waals surface area contributed by atoms with Gasteiger partial charge in [-0.1, -0.05) is 25.5 Å². The Balaban J connectivity index is 1.88. The highest BCUT2D eigenvalue weighted by Gasteiger charge is 2.05. The van der Waals surface area contributed by atoms with Crippen molar-refractivity contribution in [1.29, 1.82) is 0 Å². The monoisotopic (exact) mass is 287 g/mol. The van der Waals surface area contributed by atoms with Crippen molar-refractivity contribution in [2.75, 3.05) is 5.32 Å². The fraction of sp³-hybridized carbons (Fsp3) is 0.235. The van der Waals surface area contributed by atoms with Gasteiger partial charge < -0.3 is 4.74 Å². The molecule has 2 rings (SSSR count). The molecule has 2 aromatic carbocycles. The van der Waals surface area contributed by atoms with Crippen LogP contribution in [0.5, 0.6) is 5.75 Å². The Labute approximate surface area is 123 Å². The zero-order valence-electron chi connectivity index (χ0n) is 11.9. The number of benzene rings is 2. The van der Waals surface area contributed by atoms with Gasteiger partial charge in [0, 0.05) is 5.69 Å². The van der Waals surface area contributed by atoms with Crippen LogP contribution in [0, 0.1) is 5.82 Å². The third-order valence-electron chi connectivity index (χ3n) is 3.04. The summed E-state index contributed by atoms with van der Waals surface area (Å²) in [5.41, 5.74) is 1.91. The Morgan fingerprint density at radius 1 is 1.10 bits per heavy atom. The number of halogens is 1. The molecule has 0 aliphatic heterocycles. The average Bonchev–Trinajstić information content (AvgIpc) is 2.49. The lowest BCUT2D eigenvalue weighted by atomic mass is 10.1. The third-order valence-corrected chi connectivity index (χ3v) is 3.04. The lowest BCUT2D eigenvalue weighted by molar-refractivity contribution is 0.215. The normalized spacial score (nSPS) is 10.2. The van der Waals surface area contributed by atoms with E-state index >= 15 is 0 Å². The van der Waals surface area contributed by atoms with Crippen LogP contribution in [0.3, 0.4) is 0 Å². The topological polar surface area (TPSA) is 38.3 Å². The summed E-state index contributed by atoms with van der Waals surface area (Å²) >= 11 is 0. The van der Waals surface area contributed by atoms with Gasteiger partial charge in [0.2, 0.25) is 0 Å². The molecule has 0 spiro atoms. The second-order valence-electron chi connectivity index (χ2n) is 4.77. The van der Waals surface area contributed by atoms with Gasteiger partial charge in [-0.15, -0.1) is 0 Å². The number of hydrogen-bond donors (Lipinski definition) is 1. The SMILES string of the molecule is CCCCc1ccc(NC(=O)Oc2ccc(F)cc2)cc1. The van der Waals surface area contributed by atoms with Crippen LogP contribution >= 0.6 is 0 Å². The number of carbonyl (C=O) groups excluding carboxylic acids is 1. The number of aryl methyl sites for hydroxylation is 1. The fourth-order valence-corrected chi connectivity index (χ4v) is 1.89. The number of nitrogens with one attached hydrogen (secondary N) is 1. The van der Waals surface area contributed by atoms with Crippen molar-refractivity contribution in [3.8, 4) is 5.75 Å². The average molecular weight is 287 g/mol. The molecule has 0 radical (unpaired) electrons. The zero-order valence-corrected chi connectivity index (χ0v) is 11.9. The number of unbranched alkanes of at least 4 members (excludes halogenated alkanes) is 1. The van der Waals surface area contributed by atoms with Gasteiger partial charge in [-0.25, -0.2) is 9.18 Å². The predicted molar refractivity (Wildman–Crippen MR) is 81.1 cm³/mol. The van der Waals surface area contributed by atoms with E-state index in [2.05, 4.69) is 12.2 Å². The molecule has 0 bridgehead atoms. The second-order valence-corrected chi connectivity index (χ2v) is 4.77. The first-order chi connectivity index (χ1) is 10.2. The molecule has 0 saturated heterocycles. The molecule has 0 fully saturated rings. The lowest BCUT2D eigenvalue weighted by Crippen LogP contribution is -2.16. The van der Waals surface area contributed by atoms with E-state index in [1.54, 1.807) is 0 Å². The highest BCUT2D eigenvalue weighted by atomic mass is 19.1. The highest BCUT2D eigenvalue weighted by Crippen LogP contribution is 2.14. The molecule has 0 heterocycles. The van der Waals surface area contributed by atoms with Gasteiger partial charge >= 0.3 is 6.09 Å². The number of ether oxygens (including phenoxy) is 1. The Hall–Kier alpha value is -2.36. The molecule has 0 aliphatic carbocycles. The first-order valence-corrected chi connectivity index (χ1v) is 7.00. The van der Waals surface area contributed by atoms with E-state index in [4.69, 9.17) is 4.74 Å². The third kappa shape index (κ3) is 4.91. The van der Waals surface area contributed by atoms with Crippen LogP contribution in [-0.4, -0.2) is 6.09 Å². The molecule has 0 saturated carbocycles. The smallest absolute Gasteiger partial charge is 0.410 e. The molecule has 1 N–H and O–H groups in total. The van der Waals surface area contributed by atoms with Gasteiger partial charge in [-0.2, -0.15) is 0 Å². The van der Waals surface area contributed by atoms with Crippen LogP contribution in [0.1, 0.15) is 25.3 Å². The van der Waals surface area contributed by atoms with E-state index in [1.807, 2.05) is 24.3 Å². The summed E-state index contributed by atoms with van der Waals surface area (Å²) in [6.45, 7) is 2.15. The van der Waals surface area contributed by atoms with Crippen LogP contribution in [0.15, 0.2) is 48.5 Å². The van der Waals surface area contributed by atoms with Crippen LogP contribution in [0.4, 0.5) is 14.9 Å². The van der Waals surface area contributed by atoms with Crippen LogP contribution in [0.25, 0.3) is 0 Å². The summed E-state index contributed by atoms with van der Waals surface area (Å²) in [5, 5.41) is 2.63. The van der Waals surface area contributed by atoms with Gasteiger partial charge in [-0.05, 0) is 54.8 Å². The quantitative estimate of drug-likeness (QED) is 0.859. The van der Waals surface area contributed by atoms with E-state index in [0.717, 1.165) is 19.3 Å². The second kappa shape index (κ2) is 7.43. The van der Waals surface area contributed by atoms with E-state index < -0.39 is 6.09 Å². The van der Waals surface area contributed by atoms with Crippen LogP contribution < -0.4 is 10.1 Å². The van der Waals surface area contributed by atoms with E-state index in [-0.39, 0.29) is 5.82 Å². The minimum atomic E-state index is -0.595. The maximum absolute atomic E-state index is 12.7. The summed E-state index contributed by atoms with van der Waals surface area (Å²) in [7, 11) is 0. The molecule has 0 aliphatic rings. The Morgan fingerprint density at radius 3 is 2.38 bits per heavy atom. The molecule has 0 unspecified atom stereocenters. The van der Waals surface area contributed by atoms with E-state index in [9.17, 15) is 9.18 Å². The maximum atomic E-state index is 12.7. The molecular formula is C17H18FNO2. The van der Waals surface area contributed by atoms with Gasteiger partial charge in [0.1, 0.15) is 11.6 Å². The minimum Gasteiger partial charge on any atom is -0.410 e. The summed E-state index contributed by atoms with van der Waals surface area (Å²) < 4.78 is 17.8. The summed E-state index contributed by atoms with van der Waals surface area (Å²) in [5.74, 6) is -0.0705. The Kier molecular flexibility index (Phi) is 5.32. The van der Waals surface area contributed by atoms with Gasteiger partial charge in [0.15, 0.2) is 0 Å². The minimum absolute atomic E-state index is 0.300. The molecule has 21 heavy (non-hydrogen) atoms. The highest BCUT2D eigenvalue weighted by molar-refractivity contribution is 5.86. The van der Waals surface area contributed by atoms with Crippen molar-refractivity contribution in [3.05, 3.63) is 59.9 Å². The standard InChI is InChI=1S/C17H18FNO2/c1-2-3-4-13-5-9-15(10-6-13)19-17(20)21-16-11-7-14(18)8-12-16/h5-12H,2-4H2,1H3,(H,19,20). The summed E-state index contributed by atoms with van der Waals surface area (Å²) in [6.07, 6.45) is 2.75.